The fourth-order valence-electron chi connectivity index (χ4n) is 3.79. The Balaban J connectivity index is 1.73. The molecule has 0 atom stereocenters. The van der Waals surface area contributed by atoms with Crippen LogP contribution in [-0.4, -0.2) is 27.4 Å². The number of carbonyl (C=O) groups excluding carboxylic acids is 1. The summed E-state index contributed by atoms with van der Waals surface area (Å²) in [5.41, 5.74) is 4.25. The van der Waals surface area contributed by atoms with Gasteiger partial charge < -0.3 is 4.90 Å². The van der Waals surface area contributed by atoms with Crippen LogP contribution in [0.15, 0.2) is 77.7 Å². The zero-order valence-corrected chi connectivity index (χ0v) is 17.9. The highest BCUT2D eigenvalue weighted by molar-refractivity contribution is 7.92. The third-order valence-electron chi connectivity index (χ3n) is 5.46. The first kappa shape index (κ1) is 20.2. The molecule has 0 spiro atoms. The van der Waals surface area contributed by atoms with Crippen molar-refractivity contribution in [3.05, 3.63) is 89.5 Å². The van der Waals surface area contributed by atoms with Gasteiger partial charge in [-0.25, -0.2) is 8.42 Å². The number of fused-ring (bicyclic) bond motifs is 1. The van der Waals surface area contributed by atoms with Gasteiger partial charge in [0.2, 0.25) is 5.91 Å². The molecule has 6 heteroatoms. The van der Waals surface area contributed by atoms with Crippen molar-refractivity contribution in [2.75, 3.05) is 22.3 Å². The van der Waals surface area contributed by atoms with Gasteiger partial charge in [-0.05, 0) is 55.7 Å². The van der Waals surface area contributed by atoms with Crippen LogP contribution in [0.3, 0.4) is 0 Å². The molecule has 4 rings (SSSR count). The number of rotatable bonds is 5. The minimum Gasteiger partial charge on any atom is -0.310 e. The Morgan fingerprint density at radius 1 is 0.933 bits per heavy atom. The molecule has 1 aliphatic heterocycles. The van der Waals surface area contributed by atoms with Crippen molar-refractivity contribution in [3.63, 3.8) is 0 Å². The van der Waals surface area contributed by atoms with Crippen LogP contribution in [0.5, 0.6) is 0 Å². The number of aryl methyl sites for hydroxylation is 2. The van der Waals surface area contributed by atoms with Crippen molar-refractivity contribution in [2.45, 2.75) is 25.2 Å². The summed E-state index contributed by atoms with van der Waals surface area (Å²) in [6.07, 6.45) is 0.775. The molecule has 0 saturated heterocycles. The van der Waals surface area contributed by atoms with E-state index in [2.05, 4.69) is 0 Å². The number of sulfonamides is 1. The molecule has 30 heavy (non-hydrogen) atoms. The van der Waals surface area contributed by atoms with Crippen molar-refractivity contribution < 1.29 is 13.2 Å². The average molecular weight is 421 g/mol. The van der Waals surface area contributed by atoms with Crippen LogP contribution >= 0.6 is 0 Å². The summed E-state index contributed by atoms with van der Waals surface area (Å²) in [5.74, 6) is -0.237. The number of anilines is 2. The lowest BCUT2D eigenvalue weighted by Gasteiger charge is -2.28. The Morgan fingerprint density at radius 3 is 2.33 bits per heavy atom. The quantitative estimate of drug-likeness (QED) is 0.625. The molecule has 5 nitrogen and oxygen atoms in total. The van der Waals surface area contributed by atoms with Gasteiger partial charge in [0.15, 0.2) is 0 Å². The van der Waals surface area contributed by atoms with Crippen LogP contribution in [0.1, 0.15) is 16.7 Å². The largest absolute Gasteiger partial charge is 0.310 e. The van der Waals surface area contributed by atoms with Crippen molar-refractivity contribution in [1.82, 2.24) is 0 Å². The maximum atomic E-state index is 13.5. The first-order chi connectivity index (χ1) is 14.4. The average Bonchev–Trinajstić information content (AvgIpc) is 3.17. The predicted molar refractivity (Wildman–Crippen MR) is 119 cm³/mol. The van der Waals surface area contributed by atoms with Crippen LogP contribution in [0.25, 0.3) is 0 Å². The molecule has 1 heterocycles. The number of nitrogens with zero attached hydrogens (tertiary/aromatic N) is 2. The number of hydrogen-bond donors (Lipinski definition) is 0. The summed E-state index contributed by atoms with van der Waals surface area (Å²) in [7, 11) is -3.91. The highest BCUT2D eigenvalue weighted by atomic mass is 32.2. The standard InChI is InChI=1S/C24H24N2O3S/c1-18-11-13-21(14-12-18)30(28,29)26(22-9-5-3-7-19(22)2)17-24(27)25-16-15-20-8-4-6-10-23(20)25/h3-14H,15-17H2,1-2H3. The van der Waals surface area contributed by atoms with Crippen molar-refractivity contribution >= 4 is 27.3 Å². The van der Waals surface area contributed by atoms with Gasteiger partial charge in [-0.2, -0.15) is 0 Å². The summed E-state index contributed by atoms with van der Waals surface area (Å²) in [5, 5.41) is 0. The van der Waals surface area contributed by atoms with Gasteiger partial charge in [0.25, 0.3) is 10.0 Å². The number of amides is 1. The van der Waals surface area contributed by atoms with E-state index in [4.69, 9.17) is 0 Å². The fraction of sp³-hybridized carbons (Fsp3) is 0.208. The summed E-state index contributed by atoms with van der Waals surface area (Å²) < 4.78 is 28.3. The molecular formula is C24H24N2O3S. The molecule has 0 bridgehead atoms. The first-order valence-corrected chi connectivity index (χ1v) is 11.4. The lowest BCUT2D eigenvalue weighted by molar-refractivity contribution is -0.117. The smallest absolute Gasteiger partial charge is 0.264 e. The van der Waals surface area contributed by atoms with E-state index in [9.17, 15) is 13.2 Å². The molecule has 3 aromatic rings. The molecule has 0 aromatic heterocycles. The van der Waals surface area contributed by atoms with Gasteiger partial charge in [-0.1, -0.05) is 54.1 Å². The van der Waals surface area contributed by atoms with E-state index in [-0.39, 0.29) is 17.3 Å². The monoisotopic (exact) mass is 420 g/mol. The fourth-order valence-corrected chi connectivity index (χ4v) is 5.26. The summed E-state index contributed by atoms with van der Waals surface area (Å²) in [6.45, 7) is 4.06. The molecular weight excluding hydrogens is 396 g/mol. The Labute approximate surface area is 177 Å². The molecule has 0 saturated carbocycles. The van der Waals surface area contributed by atoms with E-state index in [0.717, 1.165) is 28.8 Å². The third-order valence-corrected chi connectivity index (χ3v) is 7.23. The van der Waals surface area contributed by atoms with Crippen LogP contribution in [0.4, 0.5) is 11.4 Å². The van der Waals surface area contributed by atoms with Crippen LogP contribution in [0.2, 0.25) is 0 Å². The molecule has 154 valence electrons. The number of hydrogen-bond acceptors (Lipinski definition) is 3. The lowest BCUT2D eigenvalue weighted by Crippen LogP contribution is -2.43. The van der Waals surface area contributed by atoms with Gasteiger partial charge in [0, 0.05) is 12.2 Å². The number of para-hydroxylation sites is 2. The van der Waals surface area contributed by atoms with E-state index in [0.29, 0.717) is 12.2 Å². The lowest BCUT2D eigenvalue weighted by atomic mass is 10.2. The first-order valence-electron chi connectivity index (χ1n) is 9.91. The second-order valence-electron chi connectivity index (χ2n) is 7.54. The SMILES string of the molecule is Cc1ccc(S(=O)(=O)N(CC(=O)N2CCc3ccccc32)c2ccccc2C)cc1. The second-order valence-corrected chi connectivity index (χ2v) is 9.40. The molecule has 0 N–H and O–H groups in total. The van der Waals surface area contributed by atoms with Crippen LogP contribution in [0, 0.1) is 13.8 Å². The summed E-state index contributed by atoms with van der Waals surface area (Å²) in [6, 6.07) is 21.7. The zero-order chi connectivity index (χ0) is 21.3. The highest BCUT2D eigenvalue weighted by Crippen LogP contribution is 2.30. The Hall–Kier alpha value is -3.12. The normalized spacial score (nSPS) is 13.2. The van der Waals surface area contributed by atoms with E-state index < -0.39 is 10.0 Å². The van der Waals surface area contributed by atoms with E-state index in [1.807, 2.05) is 50.2 Å². The molecule has 0 unspecified atom stereocenters. The van der Waals surface area contributed by atoms with Crippen LogP contribution in [-0.2, 0) is 21.2 Å². The molecule has 3 aromatic carbocycles. The van der Waals surface area contributed by atoms with Crippen molar-refractivity contribution in [3.8, 4) is 0 Å². The minimum absolute atomic E-state index is 0.172. The third kappa shape index (κ3) is 3.71. The Kier molecular flexibility index (Phi) is 5.35. The molecule has 0 radical (unpaired) electrons. The van der Waals surface area contributed by atoms with E-state index >= 15 is 0 Å². The zero-order valence-electron chi connectivity index (χ0n) is 17.1. The van der Waals surface area contributed by atoms with Gasteiger partial charge >= 0.3 is 0 Å². The van der Waals surface area contributed by atoms with Crippen LogP contribution < -0.4 is 9.21 Å². The van der Waals surface area contributed by atoms with Gasteiger partial charge in [-0.15, -0.1) is 0 Å². The molecule has 1 amide bonds. The highest BCUT2D eigenvalue weighted by Gasteiger charge is 2.32. The maximum Gasteiger partial charge on any atom is 0.264 e. The summed E-state index contributed by atoms with van der Waals surface area (Å²) >= 11 is 0. The predicted octanol–water partition coefficient (Wildman–Crippen LogP) is 4.09. The second kappa shape index (κ2) is 7.95. The van der Waals surface area contributed by atoms with E-state index in [1.165, 1.54) is 4.31 Å². The number of carbonyl (C=O) groups is 1. The molecule has 0 aliphatic carbocycles. The Bertz CT molecular complexity index is 1190. The van der Waals surface area contributed by atoms with E-state index in [1.54, 1.807) is 41.3 Å². The topological polar surface area (TPSA) is 57.7 Å². The maximum absolute atomic E-state index is 13.5. The number of benzene rings is 3. The summed E-state index contributed by atoms with van der Waals surface area (Å²) in [4.78, 5) is 15.1. The molecule has 1 aliphatic rings. The minimum atomic E-state index is -3.91. The molecule has 0 fully saturated rings. The van der Waals surface area contributed by atoms with Crippen molar-refractivity contribution in [2.24, 2.45) is 0 Å². The van der Waals surface area contributed by atoms with Gasteiger partial charge in [0.1, 0.15) is 6.54 Å². The van der Waals surface area contributed by atoms with Crippen molar-refractivity contribution in [1.29, 1.82) is 0 Å². The van der Waals surface area contributed by atoms with Gasteiger partial charge in [-0.3, -0.25) is 9.10 Å². The Morgan fingerprint density at radius 2 is 1.60 bits per heavy atom. The van der Waals surface area contributed by atoms with Gasteiger partial charge in [0.05, 0.1) is 10.6 Å².